The number of hydrogen-bond acceptors (Lipinski definition) is 1. The van der Waals surface area contributed by atoms with Gasteiger partial charge in [-0.2, -0.15) is 0 Å². The first kappa shape index (κ1) is 14.2. The highest BCUT2D eigenvalue weighted by Crippen LogP contribution is 2.17. The number of halogens is 2. The molecular weight excluding hydrogens is 305 g/mol. The molecule has 2 rings (SSSR count). The van der Waals surface area contributed by atoms with Gasteiger partial charge in [0.1, 0.15) is 5.82 Å². The minimum atomic E-state index is -0.181. The minimum absolute atomic E-state index is 0.181. The Bertz CT molecular complexity index is 525. The number of benzene rings is 2. The number of nitrogens with one attached hydrogen (secondary N) is 1. The summed E-state index contributed by atoms with van der Waals surface area (Å²) in [6, 6.07) is 15.3. The van der Waals surface area contributed by atoms with Crippen LogP contribution in [0.25, 0.3) is 0 Å². The highest BCUT2D eigenvalue weighted by molar-refractivity contribution is 9.10. The Labute approximate surface area is 122 Å². The molecule has 1 nitrogen and oxygen atoms in total. The third-order valence-corrected chi connectivity index (χ3v) is 3.62. The van der Waals surface area contributed by atoms with Gasteiger partial charge >= 0.3 is 0 Å². The van der Waals surface area contributed by atoms with Crippen molar-refractivity contribution >= 4 is 15.9 Å². The Kier molecular flexibility index (Phi) is 5.11. The summed E-state index contributed by atoms with van der Waals surface area (Å²) >= 11 is 3.48. The second kappa shape index (κ2) is 6.83. The molecule has 0 aromatic heterocycles. The molecule has 0 radical (unpaired) electrons. The van der Waals surface area contributed by atoms with Crippen LogP contribution in [0.15, 0.2) is 53.0 Å². The fourth-order valence-electron chi connectivity index (χ4n) is 1.98. The summed E-state index contributed by atoms with van der Waals surface area (Å²) in [5, 5.41) is 3.47. The average Bonchev–Trinajstić information content (AvgIpc) is 2.41. The van der Waals surface area contributed by atoms with Gasteiger partial charge in [0.05, 0.1) is 0 Å². The first-order valence-electron chi connectivity index (χ1n) is 6.38. The maximum Gasteiger partial charge on any atom is 0.123 e. The van der Waals surface area contributed by atoms with E-state index in [1.54, 1.807) is 0 Å². The van der Waals surface area contributed by atoms with Gasteiger partial charge < -0.3 is 5.32 Å². The summed E-state index contributed by atoms with van der Waals surface area (Å²) in [6.07, 6.45) is 0.901. The van der Waals surface area contributed by atoms with E-state index in [0.717, 1.165) is 23.0 Å². The lowest BCUT2D eigenvalue weighted by molar-refractivity contribution is 0.576. The van der Waals surface area contributed by atoms with Crippen molar-refractivity contribution in [2.45, 2.75) is 19.4 Å². The summed E-state index contributed by atoms with van der Waals surface area (Å²) in [6.45, 7) is 3.02. The molecule has 0 aliphatic heterocycles. The lowest BCUT2D eigenvalue weighted by atomic mass is 10.1. The second-order valence-electron chi connectivity index (χ2n) is 4.61. The predicted molar refractivity (Wildman–Crippen MR) is 80.7 cm³/mol. The molecule has 2 aromatic carbocycles. The van der Waals surface area contributed by atoms with Crippen LogP contribution in [0, 0.1) is 5.82 Å². The smallest absolute Gasteiger partial charge is 0.123 e. The zero-order valence-corrected chi connectivity index (χ0v) is 12.5. The monoisotopic (exact) mass is 321 g/mol. The van der Waals surface area contributed by atoms with Crippen molar-refractivity contribution in [1.82, 2.24) is 5.32 Å². The molecule has 2 aromatic rings. The van der Waals surface area contributed by atoms with Gasteiger partial charge in [-0.25, -0.2) is 4.39 Å². The molecule has 1 unspecified atom stereocenters. The Balaban J connectivity index is 1.84. The van der Waals surface area contributed by atoms with Gasteiger partial charge in [0.25, 0.3) is 0 Å². The van der Waals surface area contributed by atoms with Gasteiger partial charge in [-0.3, -0.25) is 0 Å². The first-order chi connectivity index (χ1) is 9.15. The molecule has 0 saturated heterocycles. The quantitative estimate of drug-likeness (QED) is 0.856. The fraction of sp³-hybridized carbons (Fsp3) is 0.250. The highest BCUT2D eigenvalue weighted by atomic mass is 79.9. The standard InChI is InChI=1S/C16H17BrFN/c1-12(14-3-2-4-15(17)11-14)19-10-9-13-5-7-16(18)8-6-13/h2-8,11-12,19H,9-10H2,1H3. The van der Waals surface area contributed by atoms with Crippen molar-refractivity contribution in [3.8, 4) is 0 Å². The number of hydrogen-bond donors (Lipinski definition) is 1. The zero-order chi connectivity index (χ0) is 13.7. The second-order valence-corrected chi connectivity index (χ2v) is 5.52. The zero-order valence-electron chi connectivity index (χ0n) is 10.9. The summed E-state index contributed by atoms with van der Waals surface area (Å²) in [7, 11) is 0. The van der Waals surface area contributed by atoms with E-state index in [-0.39, 0.29) is 5.82 Å². The average molecular weight is 322 g/mol. The molecule has 100 valence electrons. The molecule has 0 fully saturated rings. The van der Waals surface area contributed by atoms with Crippen LogP contribution in [0.4, 0.5) is 4.39 Å². The van der Waals surface area contributed by atoms with E-state index in [1.807, 2.05) is 24.3 Å². The van der Waals surface area contributed by atoms with Crippen molar-refractivity contribution in [2.75, 3.05) is 6.54 Å². The summed E-state index contributed by atoms with van der Waals surface area (Å²) in [5.74, 6) is -0.181. The van der Waals surface area contributed by atoms with E-state index in [4.69, 9.17) is 0 Å². The van der Waals surface area contributed by atoms with Crippen LogP contribution in [0.2, 0.25) is 0 Å². The van der Waals surface area contributed by atoms with E-state index in [2.05, 4.69) is 40.3 Å². The van der Waals surface area contributed by atoms with E-state index in [9.17, 15) is 4.39 Å². The normalized spacial score (nSPS) is 12.4. The highest BCUT2D eigenvalue weighted by Gasteiger charge is 2.04. The first-order valence-corrected chi connectivity index (χ1v) is 7.18. The van der Waals surface area contributed by atoms with Gasteiger partial charge in [-0.1, -0.05) is 40.2 Å². The SMILES string of the molecule is CC(NCCc1ccc(F)cc1)c1cccc(Br)c1. The van der Waals surface area contributed by atoms with Crippen LogP contribution in [0.1, 0.15) is 24.1 Å². The summed E-state index contributed by atoms with van der Waals surface area (Å²) in [5.41, 5.74) is 2.41. The molecule has 0 heterocycles. The molecule has 1 atom stereocenters. The Morgan fingerprint density at radius 1 is 1.16 bits per heavy atom. The van der Waals surface area contributed by atoms with Crippen LogP contribution < -0.4 is 5.32 Å². The molecular formula is C16H17BrFN. The Morgan fingerprint density at radius 3 is 2.58 bits per heavy atom. The number of rotatable bonds is 5. The van der Waals surface area contributed by atoms with Crippen LogP contribution in [0.5, 0.6) is 0 Å². The fourth-order valence-corrected chi connectivity index (χ4v) is 2.39. The van der Waals surface area contributed by atoms with Crippen molar-refractivity contribution in [3.63, 3.8) is 0 Å². The summed E-state index contributed by atoms with van der Waals surface area (Å²) in [4.78, 5) is 0. The summed E-state index contributed by atoms with van der Waals surface area (Å²) < 4.78 is 13.9. The van der Waals surface area contributed by atoms with Gasteiger partial charge in [-0.05, 0) is 55.3 Å². The molecule has 0 saturated carbocycles. The molecule has 19 heavy (non-hydrogen) atoms. The molecule has 1 N–H and O–H groups in total. The van der Waals surface area contributed by atoms with Crippen LogP contribution in [-0.2, 0) is 6.42 Å². The van der Waals surface area contributed by atoms with Gasteiger partial charge in [0.15, 0.2) is 0 Å². The molecule has 0 bridgehead atoms. The van der Waals surface area contributed by atoms with Gasteiger partial charge in [-0.15, -0.1) is 0 Å². The van der Waals surface area contributed by atoms with Crippen molar-refractivity contribution in [1.29, 1.82) is 0 Å². The third-order valence-electron chi connectivity index (χ3n) is 3.13. The maximum atomic E-state index is 12.8. The predicted octanol–water partition coefficient (Wildman–Crippen LogP) is 4.48. The molecule has 0 spiro atoms. The van der Waals surface area contributed by atoms with E-state index in [1.165, 1.54) is 17.7 Å². The van der Waals surface area contributed by atoms with Crippen LogP contribution >= 0.6 is 15.9 Å². The lowest BCUT2D eigenvalue weighted by Crippen LogP contribution is -2.21. The molecule has 0 aliphatic carbocycles. The maximum absolute atomic E-state index is 12.8. The van der Waals surface area contributed by atoms with E-state index < -0.39 is 0 Å². The van der Waals surface area contributed by atoms with Crippen molar-refractivity contribution in [3.05, 3.63) is 69.9 Å². The van der Waals surface area contributed by atoms with Gasteiger partial charge in [0, 0.05) is 10.5 Å². The van der Waals surface area contributed by atoms with E-state index in [0.29, 0.717) is 6.04 Å². The van der Waals surface area contributed by atoms with Gasteiger partial charge in [0.2, 0.25) is 0 Å². The molecule has 0 amide bonds. The topological polar surface area (TPSA) is 12.0 Å². The van der Waals surface area contributed by atoms with Crippen LogP contribution in [0.3, 0.4) is 0 Å². The van der Waals surface area contributed by atoms with Crippen molar-refractivity contribution < 1.29 is 4.39 Å². The molecule has 0 aliphatic rings. The minimum Gasteiger partial charge on any atom is -0.310 e. The van der Waals surface area contributed by atoms with Crippen LogP contribution in [-0.4, -0.2) is 6.54 Å². The third kappa shape index (κ3) is 4.44. The Morgan fingerprint density at radius 2 is 1.89 bits per heavy atom. The van der Waals surface area contributed by atoms with E-state index >= 15 is 0 Å². The molecule has 3 heteroatoms. The Hall–Kier alpha value is -1.19. The lowest BCUT2D eigenvalue weighted by Gasteiger charge is -2.14. The van der Waals surface area contributed by atoms with Crippen molar-refractivity contribution in [2.24, 2.45) is 0 Å². The largest absolute Gasteiger partial charge is 0.310 e.